The number of carbonyl (C=O) groups excluding carboxylic acids is 1. The highest BCUT2D eigenvalue weighted by molar-refractivity contribution is 6.30. The summed E-state index contributed by atoms with van der Waals surface area (Å²) in [6.45, 7) is 0.321. The Morgan fingerprint density at radius 3 is 2.89 bits per heavy atom. The van der Waals surface area contributed by atoms with Crippen molar-refractivity contribution >= 4 is 17.6 Å². The first-order chi connectivity index (χ1) is 13.2. The molecule has 5 rings (SSSR count). The summed E-state index contributed by atoms with van der Waals surface area (Å²) in [6, 6.07) is 13.7. The van der Waals surface area contributed by atoms with Gasteiger partial charge in [0.05, 0.1) is 18.1 Å². The van der Waals surface area contributed by atoms with E-state index in [1.54, 1.807) is 0 Å². The molecule has 2 unspecified atom stereocenters. The topological polar surface area (TPSA) is 48.1 Å². The fraction of sp³-hybridized carbons (Fsp3) is 0.409. The molecule has 27 heavy (non-hydrogen) atoms. The van der Waals surface area contributed by atoms with Crippen LogP contribution in [0.15, 0.2) is 42.5 Å². The molecule has 2 aromatic carbocycles. The number of halogens is 1. The predicted molar refractivity (Wildman–Crippen MR) is 101 cm³/mol. The molecule has 0 bridgehead atoms. The van der Waals surface area contributed by atoms with E-state index >= 15 is 0 Å². The van der Waals surface area contributed by atoms with Gasteiger partial charge in [-0.05, 0) is 36.1 Å². The molecule has 2 fully saturated rings. The fourth-order valence-corrected chi connectivity index (χ4v) is 4.63. The quantitative estimate of drug-likeness (QED) is 0.546. The highest BCUT2D eigenvalue weighted by Gasteiger charge is 2.60. The molecule has 4 atom stereocenters. The number of esters is 1. The summed E-state index contributed by atoms with van der Waals surface area (Å²) < 4.78 is 17.3. The van der Waals surface area contributed by atoms with E-state index < -0.39 is 0 Å². The normalized spacial score (nSPS) is 26.7. The third-order valence-electron chi connectivity index (χ3n) is 5.70. The number of aryl methyl sites for hydroxylation is 1. The number of ether oxygens (including phenoxy) is 3. The van der Waals surface area contributed by atoms with Crippen molar-refractivity contribution in [3.63, 3.8) is 0 Å². The van der Waals surface area contributed by atoms with Crippen molar-refractivity contribution in [2.75, 3.05) is 0 Å². The summed E-state index contributed by atoms with van der Waals surface area (Å²) in [7, 11) is 0. The van der Waals surface area contributed by atoms with Gasteiger partial charge in [-0.3, -0.25) is 4.79 Å². The van der Waals surface area contributed by atoms with Gasteiger partial charge in [0.2, 0.25) is 0 Å². The van der Waals surface area contributed by atoms with E-state index in [1.165, 1.54) is 5.56 Å². The minimum atomic E-state index is -0.176. The van der Waals surface area contributed by atoms with Crippen LogP contribution < -0.4 is 4.74 Å². The second kappa shape index (κ2) is 6.84. The maximum Gasteiger partial charge on any atom is 0.306 e. The van der Waals surface area contributed by atoms with Crippen molar-refractivity contribution in [3.8, 4) is 5.75 Å². The van der Waals surface area contributed by atoms with Crippen molar-refractivity contribution in [1.29, 1.82) is 0 Å². The average molecular weight is 385 g/mol. The molecule has 3 aliphatic rings. The minimum Gasteiger partial charge on any atom is -0.489 e. The van der Waals surface area contributed by atoms with Crippen LogP contribution in [-0.4, -0.2) is 24.3 Å². The van der Waals surface area contributed by atoms with Crippen LogP contribution in [0.5, 0.6) is 5.75 Å². The Bertz CT molecular complexity index is 866. The maximum absolute atomic E-state index is 12.0. The van der Waals surface area contributed by atoms with Crippen LogP contribution in [0.4, 0.5) is 0 Å². The first kappa shape index (κ1) is 17.1. The van der Waals surface area contributed by atoms with E-state index in [1.807, 2.05) is 42.5 Å². The number of rotatable bonds is 6. The van der Waals surface area contributed by atoms with E-state index in [2.05, 4.69) is 0 Å². The van der Waals surface area contributed by atoms with E-state index in [9.17, 15) is 4.79 Å². The second-order valence-corrected chi connectivity index (χ2v) is 7.98. The van der Waals surface area contributed by atoms with Gasteiger partial charge in [-0.25, -0.2) is 0 Å². The lowest BCUT2D eigenvalue weighted by Gasteiger charge is -2.12. The SMILES string of the molecule is O=C(CCCc1cc(Cl)cc2c1OC1C[C@H]3O[C@H]3C21)OCc1ccccc1. The molecule has 2 aliphatic heterocycles. The molecule has 0 aromatic heterocycles. The highest BCUT2D eigenvalue weighted by atomic mass is 35.5. The molecule has 2 aromatic rings. The van der Waals surface area contributed by atoms with Crippen molar-refractivity contribution in [2.24, 2.45) is 0 Å². The van der Waals surface area contributed by atoms with Crippen molar-refractivity contribution in [1.82, 2.24) is 0 Å². The molecule has 5 heteroatoms. The smallest absolute Gasteiger partial charge is 0.306 e. The average Bonchev–Trinajstić information content (AvgIpc) is 3.18. The van der Waals surface area contributed by atoms with Crippen molar-refractivity contribution in [2.45, 2.75) is 56.5 Å². The molecule has 1 saturated carbocycles. The summed E-state index contributed by atoms with van der Waals surface area (Å²) >= 11 is 6.35. The standard InChI is InChI=1S/C22H21ClO4/c23-15-9-14(7-4-8-19(24)25-12-13-5-2-1-3-6-13)21-16(10-15)20-17(26-21)11-18-22(20)27-18/h1-3,5-6,9-10,17-18,20,22H,4,7-8,11-12H2/t17?,18-,20?,22-/m1/s1. The number of hydrogen-bond acceptors (Lipinski definition) is 4. The molecule has 0 spiro atoms. The molecule has 0 amide bonds. The van der Waals surface area contributed by atoms with Gasteiger partial charge in [0.25, 0.3) is 0 Å². The maximum atomic E-state index is 12.0. The van der Waals surface area contributed by atoms with Crippen molar-refractivity contribution < 1.29 is 19.0 Å². The summed E-state index contributed by atoms with van der Waals surface area (Å²) in [4.78, 5) is 12.0. The van der Waals surface area contributed by atoms with Gasteiger partial charge in [0.1, 0.15) is 18.5 Å². The lowest BCUT2D eigenvalue weighted by molar-refractivity contribution is -0.145. The molecule has 2 heterocycles. The minimum absolute atomic E-state index is 0.176. The molecule has 0 radical (unpaired) electrons. The van der Waals surface area contributed by atoms with Crippen LogP contribution in [0.2, 0.25) is 5.02 Å². The first-order valence-electron chi connectivity index (χ1n) is 9.53. The van der Waals surface area contributed by atoms with E-state index in [4.69, 9.17) is 25.8 Å². The van der Waals surface area contributed by atoms with Gasteiger partial charge in [-0.15, -0.1) is 0 Å². The highest BCUT2D eigenvalue weighted by Crippen LogP contribution is 2.57. The van der Waals surface area contributed by atoms with Gasteiger partial charge >= 0.3 is 5.97 Å². The zero-order chi connectivity index (χ0) is 18.4. The molecule has 140 valence electrons. The third-order valence-corrected chi connectivity index (χ3v) is 5.92. The van der Waals surface area contributed by atoms with Crippen LogP contribution in [0.1, 0.15) is 41.9 Å². The Hall–Kier alpha value is -2.04. The van der Waals surface area contributed by atoms with Crippen LogP contribution in [0.25, 0.3) is 0 Å². The number of hydrogen-bond donors (Lipinski definition) is 0. The largest absolute Gasteiger partial charge is 0.489 e. The first-order valence-corrected chi connectivity index (χ1v) is 9.91. The Morgan fingerprint density at radius 2 is 2.04 bits per heavy atom. The van der Waals surface area contributed by atoms with Gasteiger partial charge in [0.15, 0.2) is 0 Å². The van der Waals surface area contributed by atoms with Gasteiger partial charge in [-0.2, -0.15) is 0 Å². The lowest BCUT2D eigenvalue weighted by Crippen LogP contribution is -2.17. The van der Waals surface area contributed by atoms with E-state index in [0.717, 1.165) is 34.7 Å². The van der Waals surface area contributed by atoms with Crippen LogP contribution in [0.3, 0.4) is 0 Å². The Balaban J connectivity index is 1.19. The van der Waals surface area contributed by atoms with Crippen LogP contribution >= 0.6 is 11.6 Å². The molecule has 1 saturated heterocycles. The zero-order valence-electron chi connectivity index (χ0n) is 14.9. The van der Waals surface area contributed by atoms with Crippen molar-refractivity contribution in [3.05, 3.63) is 64.2 Å². The summed E-state index contributed by atoms with van der Waals surface area (Å²) in [5.41, 5.74) is 3.26. The Morgan fingerprint density at radius 1 is 1.19 bits per heavy atom. The molecule has 1 aliphatic carbocycles. The number of fused-ring (bicyclic) bond motifs is 5. The predicted octanol–water partition coefficient (Wildman–Crippen LogP) is 4.42. The van der Waals surface area contributed by atoms with E-state index in [-0.39, 0.29) is 12.1 Å². The lowest BCUT2D eigenvalue weighted by atomic mass is 9.94. The summed E-state index contributed by atoms with van der Waals surface area (Å²) in [5, 5.41) is 0.726. The Labute approximate surface area is 163 Å². The fourth-order valence-electron chi connectivity index (χ4n) is 4.38. The van der Waals surface area contributed by atoms with Gasteiger partial charge in [-0.1, -0.05) is 41.9 Å². The van der Waals surface area contributed by atoms with Gasteiger partial charge in [0, 0.05) is 23.4 Å². The van der Waals surface area contributed by atoms with Crippen LogP contribution in [-0.2, 0) is 27.3 Å². The van der Waals surface area contributed by atoms with E-state index in [0.29, 0.717) is 37.6 Å². The monoisotopic (exact) mass is 384 g/mol. The summed E-state index contributed by atoms with van der Waals surface area (Å²) in [6.07, 6.45) is 3.70. The molecular weight excluding hydrogens is 364 g/mol. The molecule has 0 N–H and O–H groups in total. The zero-order valence-corrected chi connectivity index (χ0v) is 15.7. The number of benzene rings is 2. The van der Waals surface area contributed by atoms with Gasteiger partial charge < -0.3 is 14.2 Å². The van der Waals surface area contributed by atoms with Crippen LogP contribution in [0, 0.1) is 0 Å². The molecular formula is C22H21ClO4. The Kier molecular flexibility index (Phi) is 4.33. The molecule has 4 nitrogen and oxygen atoms in total. The number of epoxide rings is 1. The summed E-state index contributed by atoms with van der Waals surface area (Å²) in [5.74, 6) is 1.10. The second-order valence-electron chi connectivity index (χ2n) is 7.54. The third kappa shape index (κ3) is 3.32. The number of carbonyl (C=O) groups is 1.